The van der Waals surface area contributed by atoms with Crippen molar-refractivity contribution in [3.05, 3.63) is 41.4 Å². The van der Waals surface area contributed by atoms with Gasteiger partial charge in [-0.2, -0.15) is 0 Å². The number of unbranched alkanes of at least 4 members (excludes halogenated alkanes) is 1. The first kappa shape index (κ1) is 20.3. The number of hydrogen-bond donors (Lipinski definition) is 0. The van der Waals surface area contributed by atoms with Crippen molar-refractivity contribution in [1.29, 1.82) is 0 Å². The van der Waals surface area contributed by atoms with E-state index in [0.29, 0.717) is 31.1 Å². The van der Waals surface area contributed by atoms with Gasteiger partial charge in [0.1, 0.15) is 23.7 Å². The molecule has 1 amide bonds. The molecule has 0 unspecified atom stereocenters. The number of benzene rings is 1. The zero-order valence-corrected chi connectivity index (χ0v) is 16.7. The lowest BCUT2D eigenvalue weighted by molar-refractivity contribution is -0.131. The molecule has 0 bridgehead atoms. The normalized spacial score (nSPS) is 14.7. The second-order valence-electron chi connectivity index (χ2n) is 6.72. The van der Waals surface area contributed by atoms with Crippen LogP contribution >= 0.6 is 11.6 Å². The molecule has 0 radical (unpaired) electrons. The SMILES string of the molecule is CCCCC(=O)N1CCCN(c2cc(Oc3ccc(F)c(Cl)c3)ncn2)CC1. The summed E-state index contributed by atoms with van der Waals surface area (Å²) in [5.74, 6) is 1.22. The highest BCUT2D eigenvalue weighted by Crippen LogP contribution is 2.26. The molecule has 3 rings (SSSR count). The number of ether oxygens (including phenoxy) is 1. The summed E-state index contributed by atoms with van der Waals surface area (Å²) >= 11 is 5.79. The summed E-state index contributed by atoms with van der Waals surface area (Å²) in [6.07, 6.45) is 4.88. The van der Waals surface area contributed by atoms with E-state index in [1.165, 1.54) is 24.5 Å². The minimum absolute atomic E-state index is 0.00729. The minimum atomic E-state index is -0.500. The molecule has 150 valence electrons. The van der Waals surface area contributed by atoms with Gasteiger partial charge in [0.2, 0.25) is 11.8 Å². The van der Waals surface area contributed by atoms with Crippen LogP contribution in [0.4, 0.5) is 10.2 Å². The number of anilines is 1. The largest absolute Gasteiger partial charge is 0.439 e. The van der Waals surface area contributed by atoms with Crippen LogP contribution in [-0.2, 0) is 4.79 Å². The van der Waals surface area contributed by atoms with Gasteiger partial charge in [-0.05, 0) is 25.0 Å². The fraction of sp³-hybridized carbons (Fsp3) is 0.450. The van der Waals surface area contributed by atoms with Gasteiger partial charge >= 0.3 is 0 Å². The molecular formula is C20H24ClFN4O2. The van der Waals surface area contributed by atoms with E-state index in [4.69, 9.17) is 16.3 Å². The highest BCUT2D eigenvalue weighted by Gasteiger charge is 2.20. The predicted octanol–water partition coefficient (Wildman–Crippen LogP) is 4.29. The third-order valence-electron chi connectivity index (χ3n) is 4.66. The zero-order chi connectivity index (χ0) is 19.9. The number of aromatic nitrogens is 2. The van der Waals surface area contributed by atoms with E-state index in [0.717, 1.165) is 38.2 Å². The first-order valence-corrected chi connectivity index (χ1v) is 9.92. The third-order valence-corrected chi connectivity index (χ3v) is 4.95. The number of hydrogen-bond acceptors (Lipinski definition) is 5. The van der Waals surface area contributed by atoms with Gasteiger partial charge in [-0.15, -0.1) is 0 Å². The van der Waals surface area contributed by atoms with Crippen LogP contribution in [-0.4, -0.2) is 47.0 Å². The summed E-state index contributed by atoms with van der Waals surface area (Å²) in [5.41, 5.74) is 0. The molecule has 0 aliphatic carbocycles. The molecule has 2 aromatic rings. The van der Waals surface area contributed by atoms with Crippen LogP contribution in [0.1, 0.15) is 32.6 Å². The number of carbonyl (C=O) groups excluding carboxylic acids is 1. The number of halogens is 2. The first-order valence-electron chi connectivity index (χ1n) is 9.54. The van der Waals surface area contributed by atoms with Crippen molar-refractivity contribution in [2.75, 3.05) is 31.1 Å². The second-order valence-corrected chi connectivity index (χ2v) is 7.12. The highest BCUT2D eigenvalue weighted by atomic mass is 35.5. The van der Waals surface area contributed by atoms with Crippen molar-refractivity contribution in [3.63, 3.8) is 0 Å². The van der Waals surface area contributed by atoms with Gasteiger partial charge < -0.3 is 14.5 Å². The molecule has 2 heterocycles. The van der Waals surface area contributed by atoms with Crippen molar-refractivity contribution in [3.8, 4) is 11.6 Å². The molecule has 1 aliphatic rings. The molecule has 0 atom stereocenters. The number of carbonyl (C=O) groups is 1. The Morgan fingerprint density at radius 2 is 2.07 bits per heavy atom. The molecule has 1 fully saturated rings. The molecule has 1 aromatic carbocycles. The van der Waals surface area contributed by atoms with Crippen LogP contribution in [0.15, 0.2) is 30.6 Å². The maximum atomic E-state index is 13.3. The molecule has 8 heteroatoms. The lowest BCUT2D eigenvalue weighted by atomic mass is 10.2. The summed E-state index contributed by atoms with van der Waals surface area (Å²) in [5, 5.41) is -0.00729. The van der Waals surface area contributed by atoms with Gasteiger partial charge in [-0.3, -0.25) is 4.79 Å². The van der Waals surface area contributed by atoms with Crippen LogP contribution in [0.3, 0.4) is 0 Å². The Hall–Kier alpha value is -2.41. The van der Waals surface area contributed by atoms with E-state index in [9.17, 15) is 9.18 Å². The molecule has 1 aliphatic heterocycles. The Bertz CT molecular complexity index is 821. The average Bonchev–Trinajstić information content (AvgIpc) is 2.95. The molecular weight excluding hydrogens is 383 g/mol. The Morgan fingerprint density at radius 1 is 1.21 bits per heavy atom. The third kappa shape index (κ3) is 5.32. The van der Waals surface area contributed by atoms with Gasteiger partial charge in [0.25, 0.3) is 0 Å². The van der Waals surface area contributed by atoms with Crippen molar-refractivity contribution >= 4 is 23.3 Å². The van der Waals surface area contributed by atoms with Crippen molar-refractivity contribution in [1.82, 2.24) is 14.9 Å². The highest BCUT2D eigenvalue weighted by molar-refractivity contribution is 6.30. The van der Waals surface area contributed by atoms with E-state index < -0.39 is 5.82 Å². The predicted molar refractivity (Wildman–Crippen MR) is 106 cm³/mol. The lowest BCUT2D eigenvalue weighted by Crippen LogP contribution is -2.35. The summed E-state index contributed by atoms with van der Waals surface area (Å²) in [6.45, 7) is 5.04. The number of rotatable bonds is 6. The summed E-state index contributed by atoms with van der Waals surface area (Å²) in [4.78, 5) is 24.8. The smallest absolute Gasteiger partial charge is 0.224 e. The Balaban J connectivity index is 1.64. The van der Waals surface area contributed by atoms with Gasteiger partial charge in [0.15, 0.2) is 0 Å². The molecule has 0 spiro atoms. The van der Waals surface area contributed by atoms with Gasteiger partial charge in [0, 0.05) is 44.7 Å². The van der Waals surface area contributed by atoms with Crippen molar-refractivity contribution in [2.24, 2.45) is 0 Å². The van der Waals surface area contributed by atoms with Crippen LogP contribution in [0, 0.1) is 5.82 Å². The van der Waals surface area contributed by atoms with Crippen LogP contribution in [0.2, 0.25) is 5.02 Å². The van der Waals surface area contributed by atoms with Crippen LogP contribution < -0.4 is 9.64 Å². The summed E-state index contributed by atoms with van der Waals surface area (Å²) < 4.78 is 19.0. The molecule has 1 saturated heterocycles. The maximum Gasteiger partial charge on any atom is 0.224 e. The molecule has 0 saturated carbocycles. The Labute approximate surface area is 169 Å². The average molecular weight is 407 g/mol. The quantitative estimate of drug-likeness (QED) is 0.716. The number of nitrogens with zero attached hydrogens (tertiary/aromatic N) is 4. The zero-order valence-electron chi connectivity index (χ0n) is 15.9. The molecule has 28 heavy (non-hydrogen) atoms. The Morgan fingerprint density at radius 3 is 2.86 bits per heavy atom. The minimum Gasteiger partial charge on any atom is -0.439 e. The maximum absolute atomic E-state index is 13.3. The molecule has 6 nitrogen and oxygen atoms in total. The van der Waals surface area contributed by atoms with E-state index in [1.807, 2.05) is 4.90 Å². The van der Waals surface area contributed by atoms with Gasteiger partial charge in [-0.25, -0.2) is 14.4 Å². The standard InChI is InChI=1S/C20H24ClFN4O2/c1-2-3-5-20(27)26-9-4-8-25(10-11-26)18-13-19(24-14-23-18)28-15-6-7-17(22)16(21)12-15/h6-7,12-14H,2-5,8-11H2,1H3. The number of amides is 1. The van der Waals surface area contributed by atoms with Crippen LogP contribution in [0.25, 0.3) is 0 Å². The van der Waals surface area contributed by atoms with Gasteiger partial charge in [0.05, 0.1) is 5.02 Å². The fourth-order valence-corrected chi connectivity index (χ4v) is 3.27. The monoisotopic (exact) mass is 406 g/mol. The van der Waals surface area contributed by atoms with Crippen molar-refractivity contribution < 1.29 is 13.9 Å². The lowest BCUT2D eigenvalue weighted by Gasteiger charge is -2.23. The van der Waals surface area contributed by atoms with E-state index in [-0.39, 0.29) is 10.9 Å². The topological polar surface area (TPSA) is 58.6 Å². The van der Waals surface area contributed by atoms with E-state index >= 15 is 0 Å². The van der Waals surface area contributed by atoms with Gasteiger partial charge in [-0.1, -0.05) is 24.9 Å². The van der Waals surface area contributed by atoms with E-state index in [1.54, 1.807) is 6.07 Å². The van der Waals surface area contributed by atoms with E-state index in [2.05, 4.69) is 21.8 Å². The summed E-state index contributed by atoms with van der Waals surface area (Å²) in [6, 6.07) is 5.89. The van der Waals surface area contributed by atoms with Crippen LogP contribution in [0.5, 0.6) is 11.6 Å². The molecule has 1 aromatic heterocycles. The van der Waals surface area contributed by atoms with Crippen molar-refractivity contribution in [2.45, 2.75) is 32.6 Å². The first-order chi connectivity index (χ1) is 13.6. The second kappa shape index (κ2) is 9.68. The Kier molecular flexibility index (Phi) is 7.03. The summed E-state index contributed by atoms with van der Waals surface area (Å²) in [7, 11) is 0. The fourth-order valence-electron chi connectivity index (χ4n) is 3.10. The molecule has 0 N–H and O–H groups in total.